The van der Waals surface area contributed by atoms with Crippen molar-refractivity contribution < 1.29 is 13.2 Å². The maximum Gasteiger partial charge on any atom is 0.235 e. The van der Waals surface area contributed by atoms with Crippen LogP contribution in [0.25, 0.3) is 10.9 Å². The molecule has 1 aromatic carbocycles. The van der Waals surface area contributed by atoms with Gasteiger partial charge in [-0.2, -0.15) is 5.10 Å². The number of ether oxygens (including phenoxy) is 1. The minimum Gasteiger partial charge on any atom is -0.384 e. The van der Waals surface area contributed by atoms with Gasteiger partial charge in [-0.3, -0.25) is 9.82 Å². The SMILES string of the molecule is COCCS(=O)(=O)Nc1cc2cn[nH]c2cc1C. The number of benzene rings is 1. The minimum absolute atomic E-state index is 0.0631. The summed E-state index contributed by atoms with van der Waals surface area (Å²) < 4.78 is 30.9. The molecule has 0 saturated carbocycles. The highest BCUT2D eigenvalue weighted by Crippen LogP contribution is 2.22. The predicted octanol–water partition coefficient (Wildman–Crippen LogP) is 1.26. The molecule has 2 aromatic rings. The smallest absolute Gasteiger partial charge is 0.235 e. The van der Waals surface area contributed by atoms with Crippen LogP contribution in [0.15, 0.2) is 18.3 Å². The van der Waals surface area contributed by atoms with Crippen LogP contribution in [0.2, 0.25) is 0 Å². The molecule has 0 amide bonds. The largest absolute Gasteiger partial charge is 0.384 e. The summed E-state index contributed by atoms with van der Waals surface area (Å²) in [7, 11) is -1.91. The first-order valence-corrected chi connectivity index (χ1v) is 7.10. The van der Waals surface area contributed by atoms with Crippen molar-refractivity contribution in [1.29, 1.82) is 0 Å². The summed E-state index contributed by atoms with van der Waals surface area (Å²) in [6, 6.07) is 3.62. The number of aromatic nitrogens is 2. The molecular formula is C11H15N3O3S. The summed E-state index contributed by atoms with van der Waals surface area (Å²) in [5.41, 5.74) is 2.29. The number of nitrogens with one attached hydrogen (secondary N) is 2. The van der Waals surface area contributed by atoms with Crippen molar-refractivity contribution in [2.75, 3.05) is 24.2 Å². The van der Waals surface area contributed by atoms with E-state index >= 15 is 0 Å². The van der Waals surface area contributed by atoms with Crippen molar-refractivity contribution in [2.24, 2.45) is 0 Å². The van der Waals surface area contributed by atoms with Gasteiger partial charge in [-0.15, -0.1) is 0 Å². The zero-order valence-corrected chi connectivity index (χ0v) is 11.0. The normalized spacial score (nSPS) is 11.9. The Balaban J connectivity index is 2.28. The van der Waals surface area contributed by atoms with Crippen LogP contribution < -0.4 is 4.72 Å². The lowest BCUT2D eigenvalue weighted by Gasteiger charge is -2.10. The fourth-order valence-electron chi connectivity index (χ4n) is 1.62. The summed E-state index contributed by atoms with van der Waals surface area (Å²) in [5.74, 6) is -0.0631. The lowest BCUT2D eigenvalue weighted by molar-refractivity contribution is 0.217. The standard InChI is InChI=1S/C11H15N3O3S/c1-8-5-11-9(7-12-13-11)6-10(8)14-18(15,16)4-3-17-2/h5-7,14H,3-4H2,1-2H3,(H,12,13). The van der Waals surface area contributed by atoms with Gasteiger partial charge in [-0.05, 0) is 24.6 Å². The quantitative estimate of drug-likeness (QED) is 0.856. The van der Waals surface area contributed by atoms with E-state index in [0.717, 1.165) is 16.5 Å². The molecule has 18 heavy (non-hydrogen) atoms. The van der Waals surface area contributed by atoms with Gasteiger partial charge in [0.05, 0.1) is 29.8 Å². The fourth-order valence-corrected chi connectivity index (χ4v) is 2.66. The Morgan fingerprint density at radius 1 is 1.44 bits per heavy atom. The van der Waals surface area contributed by atoms with Crippen LogP contribution in [0.3, 0.4) is 0 Å². The van der Waals surface area contributed by atoms with Gasteiger partial charge in [-0.25, -0.2) is 8.42 Å². The molecule has 0 unspecified atom stereocenters. The van der Waals surface area contributed by atoms with Crippen molar-refractivity contribution >= 4 is 26.6 Å². The van der Waals surface area contributed by atoms with Crippen molar-refractivity contribution in [3.8, 4) is 0 Å². The Bertz CT molecular complexity index is 649. The van der Waals surface area contributed by atoms with Gasteiger partial charge >= 0.3 is 0 Å². The second-order valence-corrected chi connectivity index (χ2v) is 5.88. The number of fused-ring (bicyclic) bond motifs is 1. The number of nitrogens with zero attached hydrogens (tertiary/aromatic N) is 1. The number of rotatable bonds is 5. The van der Waals surface area contributed by atoms with Crippen LogP contribution in [-0.4, -0.2) is 38.1 Å². The topological polar surface area (TPSA) is 84.1 Å². The Morgan fingerprint density at radius 3 is 2.94 bits per heavy atom. The summed E-state index contributed by atoms with van der Waals surface area (Å²) in [6.07, 6.45) is 1.65. The van der Waals surface area contributed by atoms with E-state index in [1.165, 1.54) is 7.11 Å². The summed E-state index contributed by atoms with van der Waals surface area (Å²) >= 11 is 0. The molecule has 7 heteroatoms. The Kier molecular flexibility index (Phi) is 3.53. The Labute approximate surface area is 105 Å². The zero-order valence-electron chi connectivity index (χ0n) is 10.2. The molecule has 0 atom stereocenters. The first kappa shape index (κ1) is 12.8. The molecule has 2 rings (SSSR count). The number of anilines is 1. The van der Waals surface area contributed by atoms with E-state index in [9.17, 15) is 8.42 Å². The third-order valence-corrected chi connectivity index (χ3v) is 3.84. The van der Waals surface area contributed by atoms with Crippen LogP contribution in [0.4, 0.5) is 5.69 Å². The molecule has 0 fully saturated rings. The monoisotopic (exact) mass is 269 g/mol. The van der Waals surface area contributed by atoms with Crippen LogP contribution in [0.5, 0.6) is 0 Å². The lowest BCUT2D eigenvalue weighted by atomic mass is 10.1. The van der Waals surface area contributed by atoms with E-state index < -0.39 is 10.0 Å². The average molecular weight is 269 g/mol. The molecular weight excluding hydrogens is 254 g/mol. The molecule has 0 radical (unpaired) electrons. The van der Waals surface area contributed by atoms with Gasteiger partial charge in [0.2, 0.25) is 10.0 Å². The maximum absolute atomic E-state index is 11.8. The van der Waals surface area contributed by atoms with Crippen LogP contribution in [-0.2, 0) is 14.8 Å². The van der Waals surface area contributed by atoms with Gasteiger partial charge in [0.25, 0.3) is 0 Å². The second kappa shape index (κ2) is 4.95. The van der Waals surface area contributed by atoms with Gasteiger partial charge in [-0.1, -0.05) is 0 Å². The highest BCUT2D eigenvalue weighted by atomic mass is 32.2. The molecule has 0 aliphatic heterocycles. The van der Waals surface area contributed by atoms with E-state index in [-0.39, 0.29) is 12.4 Å². The highest BCUT2D eigenvalue weighted by Gasteiger charge is 2.12. The first-order chi connectivity index (χ1) is 8.52. The van der Waals surface area contributed by atoms with Crippen molar-refractivity contribution in [2.45, 2.75) is 6.92 Å². The van der Waals surface area contributed by atoms with Crippen LogP contribution in [0.1, 0.15) is 5.56 Å². The fraction of sp³-hybridized carbons (Fsp3) is 0.364. The predicted molar refractivity (Wildman–Crippen MR) is 70.1 cm³/mol. The second-order valence-electron chi connectivity index (χ2n) is 4.04. The maximum atomic E-state index is 11.8. The van der Waals surface area contributed by atoms with E-state index in [1.54, 1.807) is 12.3 Å². The summed E-state index contributed by atoms with van der Waals surface area (Å²) in [5, 5.41) is 7.61. The van der Waals surface area contributed by atoms with E-state index in [4.69, 9.17) is 4.74 Å². The van der Waals surface area contributed by atoms with Gasteiger partial charge in [0.1, 0.15) is 0 Å². The molecule has 98 valence electrons. The molecule has 0 aliphatic rings. The van der Waals surface area contributed by atoms with E-state index in [2.05, 4.69) is 14.9 Å². The van der Waals surface area contributed by atoms with Gasteiger partial charge in [0, 0.05) is 12.5 Å². The summed E-state index contributed by atoms with van der Waals surface area (Å²) in [4.78, 5) is 0. The first-order valence-electron chi connectivity index (χ1n) is 5.45. The molecule has 1 aromatic heterocycles. The number of methoxy groups -OCH3 is 1. The molecule has 6 nitrogen and oxygen atoms in total. The third kappa shape index (κ3) is 2.80. The number of hydrogen-bond donors (Lipinski definition) is 2. The van der Waals surface area contributed by atoms with Crippen molar-refractivity contribution in [3.63, 3.8) is 0 Å². The average Bonchev–Trinajstić information content (AvgIpc) is 2.73. The number of sulfonamides is 1. The number of hydrogen-bond acceptors (Lipinski definition) is 4. The Morgan fingerprint density at radius 2 is 2.22 bits per heavy atom. The Hall–Kier alpha value is -1.60. The number of aromatic amines is 1. The number of H-pyrrole nitrogens is 1. The third-order valence-electron chi connectivity index (χ3n) is 2.61. The van der Waals surface area contributed by atoms with E-state index in [0.29, 0.717) is 5.69 Å². The highest BCUT2D eigenvalue weighted by molar-refractivity contribution is 7.92. The van der Waals surface area contributed by atoms with E-state index in [1.807, 2.05) is 13.0 Å². The molecule has 0 aliphatic carbocycles. The lowest BCUT2D eigenvalue weighted by Crippen LogP contribution is -2.20. The summed E-state index contributed by atoms with van der Waals surface area (Å²) in [6.45, 7) is 2.01. The molecule has 1 heterocycles. The van der Waals surface area contributed by atoms with Crippen molar-refractivity contribution in [3.05, 3.63) is 23.9 Å². The molecule has 2 N–H and O–H groups in total. The van der Waals surface area contributed by atoms with Crippen LogP contribution >= 0.6 is 0 Å². The molecule has 0 spiro atoms. The molecule has 0 saturated heterocycles. The van der Waals surface area contributed by atoms with Gasteiger partial charge in [0.15, 0.2) is 0 Å². The van der Waals surface area contributed by atoms with Crippen LogP contribution in [0, 0.1) is 6.92 Å². The minimum atomic E-state index is -3.38. The number of aryl methyl sites for hydroxylation is 1. The van der Waals surface area contributed by atoms with Gasteiger partial charge < -0.3 is 4.74 Å². The van der Waals surface area contributed by atoms with Crippen molar-refractivity contribution in [1.82, 2.24) is 10.2 Å². The molecule has 0 bridgehead atoms. The zero-order chi connectivity index (χ0) is 13.2.